The predicted molar refractivity (Wildman–Crippen MR) is 111 cm³/mol. The minimum atomic E-state index is -0.161. The third kappa shape index (κ3) is 3.93. The predicted octanol–water partition coefficient (Wildman–Crippen LogP) is 5.55. The van der Waals surface area contributed by atoms with Crippen molar-refractivity contribution in [3.8, 4) is 11.1 Å². The lowest BCUT2D eigenvalue weighted by Gasteiger charge is -2.06. The van der Waals surface area contributed by atoms with Crippen molar-refractivity contribution in [2.75, 3.05) is 5.32 Å². The summed E-state index contributed by atoms with van der Waals surface area (Å²) < 4.78 is 0. The second-order valence-electron chi connectivity index (χ2n) is 6.21. The molecule has 1 N–H and O–H groups in total. The van der Waals surface area contributed by atoms with Gasteiger partial charge in [0.15, 0.2) is 0 Å². The molecule has 3 heteroatoms. The molecule has 0 unspecified atom stereocenters. The minimum absolute atomic E-state index is 0.161. The standard InChI is InChI=1S/C24H18N2O/c27-24(26-23-8-4-7-21-17-25-16-15-22(21)23)14-11-18-9-12-20(13-10-18)19-5-2-1-3-6-19/h1-17H,(H,26,27)/b14-11+. The Hall–Kier alpha value is -3.72. The molecule has 130 valence electrons. The molecular weight excluding hydrogens is 332 g/mol. The van der Waals surface area contributed by atoms with E-state index < -0.39 is 0 Å². The highest BCUT2D eigenvalue weighted by molar-refractivity contribution is 6.07. The topological polar surface area (TPSA) is 42.0 Å². The van der Waals surface area contributed by atoms with Crippen LogP contribution in [-0.2, 0) is 4.79 Å². The van der Waals surface area contributed by atoms with Gasteiger partial charge in [-0.2, -0.15) is 0 Å². The SMILES string of the molecule is O=C(/C=C/c1ccc(-c2ccccc2)cc1)Nc1cccc2cnccc12. The molecule has 0 saturated carbocycles. The second-order valence-corrected chi connectivity index (χ2v) is 6.21. The van der Waals surface area contributed by atoms with Crippen molar-refractivity contribution in [2.45, 2.75) is 0 Å². The Morgan fingerprint density at radius 3 is 2.41 bits per heavy atom. The smallest absolute Gasteiger partial charge is 0.248 e. The van der Waals surface area contributed by atoms with Crippen molar-refractivity contribution in [3.63, 3.8) is 0 Å². The summed E-state index contributed by atoms with van der Waals surface area (Å²) in [7, 11) is 0. The number of nitrogens with one attached hydrogen (secondary N) is 1. The lowest BCUT2D eigenvalue weighted by molar-refractivity contribution is -0.111. The zero-order chi connectivity index (χ0) is 18.5. The van der Waals surface area contributed by atoms with Crippen LogP contribution in [0.2, 0.25) is 0 Å². The molecule has 1 heterocycles. The Bertz CT molecular complexity index is 1090. The fraction of sp³-hybridized carbons (Fsp3) is 0. The first-order valence-electron chi connectivity index (χ1n) is 8.77. The van der Waals surface area contributed by atoms with Gasteiger partial charge in [-0.05, 0) is 34.9 Å². The van der Waals surface area contributed by atoms with Crippen LogP contribution in [0.3, 0.4) is 0 Å². The Labute approximate surface area is 158 Å². The maximum absolute atomic E-state index is 12.3. The van der Waals surface area contributed by atoms with E-state index in [0.717, 1.165) is 27.6 Å². The van der Waals surface area contributed by atoms with Crippen molar-refractivity contribution in [1.82, 2.24) is 4.98 Å². The monoisotopic (exact) mass is 350 g/mol. The first-order valence-corrected chi connectivity index (χ1v) is 8.77. The molecule has 1 aromatic heterocycles. The number of amides is 1. The Kier molecular flexibility index (Phi) is 4.75. The molecule has 3 aromatic carbocycles. The van der Waals surface area contributed by atoms with E-state index in [1.165, 1.54) is 5.56 Å². The molecule has 0 atom stereocenters. The number of benzene rings is 3. The summed E-state index contributed by atoms with van der Waals surface area (Å²) in [5.74, 6) is -0.161. The van der Waals surface area contributed by atoms with Crippen LogP contribution in [0, 0.1) is 0 Å². The maximum Gasteiger partial charge on any atom is 0.248 e. The van der Waals surface area contributed by atoms with Gasteiger partial charge in [0.25, 0.3) is 0 Å². The molecule has 0 aliphatic heterocycles. The van der Waals surface area contributed by atoms with Gasteiger partial charge in [0.05, 0.1) is 0 Å². The first-order chi connectivity index (χ1) is 13.3. The fourth-order valence-electron chi connectivity index (χ4n) is 3.00. The zero-order valence-electron chi connectivity index (χ0n) is 14.7. The van der Waals surface area contributed by atoms with Crippen molar-refractivity contribution in [1.29, 1.82) is 0 Å². The maximum atomic E-state index is 12.3. The van der Waals surface area contributed by atoms with Crippen LogP contribution in [0.25, 0.3) is 28.0 Å². The average molecular weight is 350 g/mol. The molecular formula is C24H18N2O. The van der Waals surface area contributed by atoms with Crippen LogP contribution in [0.5, 0.6) is 0 Å². The van der Waals surface area contributed by atoms with Crippen LogP contribution in [0.1, 0.15) is 5.56 Å². The van der Waals surface area contributed by atoms with Gasteiger partial charge in [0, 0.05) is 34.9 Å². The summed E-state index contributed by atoms with van der Waals surface area (Å²) in [6.07, 6.45) is 6.88. The molecule has 4 rings (SSSR count). The molecule has 0 fully saturated rings. The molecule has 3 nitrogen and oxygen atoms in total. The van der Waals surface area contributed by atoms with Gasteiger partial charge >= 0.3 is 0 Å². The quantitative estimate of drug-likeness (QED) is 0.490. The second kappa shape index (κ2) is 7.67. The van der Waals surface area contributed by atoms with Crippen molar-refractivity contribution in [2.24, 2.45) is 0 Å². The van der Waals surface area contributed by atoms with Gasteiger partial charge in [-0.15, -0.1) is 0 Å². The van der Waals surface area contributed by atoms with E-state index in [1.54, 1.807) is 18.5 Å². The molecule has 0 bridgehead atoms. The molecule has 27 heavy (non-hydrogen) atoms. The molecule has 0 radical (unpaired) electrons. The van der Waals surface area contributed by atoms with Gasteiger partial charge < -0.3 is 5.32 Å². The number of fused-ring (bicyclic) bond motifs is 1. The number of pyridine rings is 1. The molecule has 0 aliphatic carbocycles. The molecule has 1 amide bonds. The lowest BCUT2D eigenvalue weighted by Crippen LogP contribution is -2.08. The van der Waals surface area contributed by atoms with Gasteiger partial charge in [0.2, 0.25) is 5.91 Å². The molecule has 0 saturated heterocycles. The summed E-state index contributed by atoms with van der Waals surface area (Å²) in [5, 5.41) is 4.91. The van der Waals surface area contributed by atoms with Crippen molar-refractivity contribution in [3.05, 3.63) is 103 Å². The largest absolute Gasteiger partial charge is 0.322 e. The van der Waals surface area contributed by atoms with Crippen LogP contribution < -0.4 is 5.32 Å². The highest BCUT2D eigenvalue weighted by Gasteiger charge is 2.03. The average Bonchev–Trinajstić information content (AvgIpc) is 2.74. The van der Waals surface area contributed by atoms with E-state index in [4.69, 9.17) is 0 Å². The van der Waals surface area contributed by atoms with Gasteiger partial charge in [-0.3, -0.25) is 9.78 Å². The van der Waals surface area contributed by atoms with E-state index in [-0.39, 0.29) is 5.91 Å². The summed E-state index contributed by atoms with van der Waals surface area (Å²) in [6, 6.07) is 26.0. The number of carbonyl (C=O) groups is 1. The number of hydrogen-bond acceptors (Lipinski definition) is 2. The van der Waals surface area contributed by atoms with Gasteiger partial charge in [-0.25, -0.2) is 0 Å². The van der Waals surface area contributed by atoms with Gasteiger partial charge in [0.1, 0.15) is 0 Å². The normalized spacial score (nSPS) is 11.0. The third-order valence-corrected chi connectivity index (χ3v) is 4.38. The highest BCUT2D eigenvalue weighted by Crippen LogP contribution is 2.22. The third-order valence-electron chi connectivity index (χ3n) is 4.38. The van der Waals surface area contributed by atoms with Crippen LogP contribution in [0.15, 0.2) is 97.3 Å². The van der Waals surface area contributed by atoms with Crippen LogP contribution in [-0.4, -0.2) is 10.9 Å². The van der Waals surface area contributed by atoms with E-state index in [1.807, 2.05) is 60.7 Å². The van der Waals surface area contributed by atoms with Crippen molar-refractivity contribution >= 4 is 28.4 Å². The van der Waals surface area contributed by atoms with Gasteiger partial charge in [-0.1, -0.05) is 66.7 Å². The lowest BCUT2D eigenvalue weighted by atomic mass is 10.0. The summed E-state index contributed by atoms with van der Waals surface area (Å²) in [5.41, 5.74) is 4.09. The van der Waals surface area contributed by atoms with E-state index >= 15 is 0 Å². The van der Waals surface area contributed by atoms with Crippen molar-refractivity contribution < 1.29 is 4.79 Å². The zero-order valence-corrected chi connectivity index (χ0v) is 14.7. The van der Waals surface area contributed by atoms with Crippen LogP contribution in [0.4, 0.5) is 5.69 Å². The van der Waals surface area contributed by atoms with E-state index in [9.17, 15) is 4.79 Å². The van der Waals surface area contributed by atoms with E-state index in [2.05, 4.69) is 34.6 Å². The summed E-state index contributed by atoms with van der Waals surface area (Å²) in [6.45, 7) is 0. The number of rotatable bonds is 4. The molecule has 0 aliphatic rings. The highest BCUT2D eigenvalue weighted by atomic mass is 16.1. The summed E-state index contributed by atoms with van der Waals surface area (Å²) >= 11 is 0. The fourth-order valence-corrected chi connectivity index (χ4v) is 3.00. The van der Waals surface area contributed by atoms with Crippen LogP contribution >= 0.6 is 0 Å². The Morgan fingerprint density at radius 1 is 0.815 bits per heavy atom. The first kappa shape index (κ1) is 16.7. The number of hydrogen-bond donors (Lipinski definition) is 1. The molecule has 0 spiro atoms. The number of nitrogens with zero attached hydrogens (tertiary/aromatic N) is 1. The number of carbonyl (C=O) groups excluding carboxylic acids is 1. The molecule has 4 aromatic rings. The van der Waals surface area contributed by atoms with E-state index in [0.29, 0.717) is 0 Å². The summed E-state index contributed by atoms with van der Waals surface area (Å²) in [4.78, 5) is 16.4. The number of aromatic nitrogens is 1. The Morgan fingerprint density at radius 2 is 1.59 bits per heavy atom. The number of anilines is 1. The minimum Gasteiger partial charge on any atom is -0.322 e. The Balaban J connectivity index is 1.47.